The molecule has 0 saturated carbocycles. The lowest BCUT2D eigenvalue weighted by Crippen LogP contribution is -2.35. The minimum absolute atomic E-state index is 0.0773. The molecule has 2 aromatic rings. The van der Waals surface area contributed by atoms with Gasteiger partial charge in [0.2, 0.25) is 0 Å². The highest BCUT2D eigenvalue weighted by molar-refractivity contribution is 8.26. The van der Waals surface area contributed by atoms with Crippen LogP contribution in [0.1, 0.15) is 15.9 Å². The van der Waals surface area contributed by atoms with E-state index in [1.807, 2.05) is 0 Å². The van der Waals surface area contributed by atoms with E-state index in [2.05, 4.69) is 0 Å². The molecule has 3 nitrogen and oxygen atoms in total. The van der Waals surface area contributed by atoms with Gasteiger partial charge < -0.3 is 0 Å². The van der Waals surface area contributed by atoms with E-state index in [1.165, 1.54) is 18.2 Å². The monoisotopic (exact) mass is 377 g/mol. The molecule has 120 valence electrons. The third kappa shape index (κ3) is 3.26. The van der Waals surface area contributed by atoms with E-state index in [1.54, 1.807) is 30.3 Å². The molecule has 3 rings (SSSR count). The minimum Gasteiger partial charge on any atom is -0.268 e. The van der Waals surface area contributed by atoms with Crippen molar-refractivity contribution in [2.24, 2.45) is 0 Å². The van der Waals surface area contributed by atoms with Crippen LogP contribution in [0, 0.1) is 5.82 Å². The number of thiocarbonyl (C=S) groups is 1. The van der Waals surface area contributed by atoms with Crippen LogP contribution in [-0.2, 0) is 4.79 Å². The van der Waals surface area contributed by atoms with E-state index >= 15 is 0 Å². The zero-order valence-corrected chi connectivity index (χ0v) is 14.4. The number of thioether (sulfide) groups is 1. The Morgan fingerprint density at radius 3 is 2.50 bits per heavy atom. The van der Waals surface area contributed by atoms with Gasteiger partial charge >= 0.3 is 0 Å². The standard InChI is InChI=1S/C17H9ClFNO2S2/c18-11-7-5-10(6-8-11)9-14-16(22)20(17(23)24-14)15(21)12-3-1-2-4-13(12)19/h1-9H/b14-9+. The number of hydrogen-bond acceptors (Lipinski definition) is 4. The number of imide groups is 1. The predicted molar refractivity (Wildman–Crippen MR) is 97.2 cm³/mol. The van der Waals surface area contributed by atoms with Gasteiger partial charge in [0.05, 0.1) is 10.5 Å². The Labute approximate surface area is 152 Å². The summed E-state index contributed by atoms with van der Waals surface area (Å²) in [6.07, 6.45) is 1.62. The maximum Gasteiger partial charge on any atom is 0.273 e. The number of carbonyl (C=O) groups excluding carboxylic acids is 2. The van der Waals surface area contributed by atoms with Crippen molar-refractivity contribution < 1.29 is 14.0 Å². The summed E-state index contributed by atoms with van der Waals surface area (Å²) < 4.78 is 13.9. The molecule has 2 aromatic carbocycles. The number of benzene rings is 2. The first-order valence-electron chi connectivity index (χ1n) is 6.80. The average molecular weight is 378 g/mol. The van der Waals surface area contributed by atoms with E-state index in [4.69, 9.17) is 23.8 Å². The molecule has 7 heteroatoms. The highest BCUT2D eigenvalue weighted by Crippen LogP contribution is 2.34. The molecule has 0 atom stereocenters. The molecule has 0 aliphatic carbocycles. The van der Waals surface area contributed by atoms with Crippen molar-refractivity contribution in [3.05, 3.63) is 75.4 Å². The van der Waals surface area contributed by atoms with Gasteiger partial charge in [0.15, 0.2) is 4.32 Å². The highest BCUT2D eigenvalue weighted by Gasteiger charge is 2.38. The molecule has 0 radical (unpaired) electrons. The number of amides is 2. The summed E-state index contributed by atoms with van der Waals surface area (Å²) >= 11 is 11.9. The maximum absolute atomic E-state index is 13.8. The third-order valence-corrected chi connectivity index (χ3v) is 4.82. The fourth-order valence-electron chi connectivity index (χ4n) is 2.11. The van der Waals surface area contributed by atoms with E-state index in [0.29, 0.717) is 9.93 Å². The highest BCUT2D eigenvalue weighted by atomic mass is 35.5. The molecule has 1 aliphatic rings. The van der Waals surface area contributed by atoms with Gasteiger partial charge in [0, 0.05) is 5.02 Å². The summed E-state index contributed by atoms with van der Waals surface area (Å²) in [6, 6.07) is 12.3. The van der Waals surface area contributed by atoms with Crippen LogP contribution < -0.4 is 0 Å². The molecular formula is C17H9ClFNO2S2. The Balaban J connectivity index is 1.91. The second-order valence-corrected chi connectivity index (χ2v) is 6.97. The first-order valence-corrected chi connectivity index (χ1v) is 8.40. The second-order valence-electron chi connectivity index (χ2n) is 4.85. The summed E-state index contributed by atoms with van der Waals surface area (Å²) in [6.45, 7) is 0. The van der Waals surface area contributed by atoms with E-state index in [9.17, 15) is 14.0 Å². The van der Waals surface area contributed by atoms with Crippen LogP contribution in [0.5, 0.6) is 0 Å². The fraction of sp³-hybridized carbons (Fsp3) is 0. The van der Waals surface area contributed by atoms with Crippen molar-refractivity contribution >= 4 is 57.8 Å². The molecule has 2 amide bonds. The maximum atomic E-state index is 13.8. The van der Waals surface area contributed by atoms with Crippen molar-refractivity contribution in [3.8, 4) is 0 Å². The number of nitrogens with zero attached hydrogens (tertiary/aromatic N) is 1. The minimum atomic E-state index is -0.768. The molecule has 0 unspecified atom stereocenters. The van der Waals surface area contributed by atoms with Crippen molar-refractivity contribution in [2.45, 2.75) is 0 Å². The number of carbonyl (C=O) groups is 2. The number of rotatable bonds is 2. The lowest BCUT2D eigenvalue weighted by atomic mass is 10.2. The van der Waals surface area contributed by atoms with Crippen molar-refractivity contribution in [2.75, 3.05) is 0 Å². The molecule has 24 heavy (non-hydrogen) atoms. The first-order chi connectivity index (χ1) is 11.5. The SMILES string of the molecule is O=C1/C(=C\c2ccc(Cl)cc2)SC(=S)N1C(=O)c1ccccc1F. The molecule has 1 saturated heterocycles. The Morgan fingerprint density at radius 2 is 1.83 bits per heavy atom. The molecule has 0 aromatic heterocycles. The third-order valence-electron chi connectivity index (χ3n) is 3.27. The number of hydrogen-bond donors (Lipinski definition) is 0. The van der Waals surface area contributed by atoms with Gasteiger partial charge in [-0.05, 0) is 35.9 Å². The van der Waals surface area contributed by atoms with E-state index < -0.39 is 17.6 Å². The van der Waals surface area contributed by atoms with Gasteiger partial charge in [-0.2, -0.15) is 0 Å². The van der Waals surface area contributed by atoms with Gasteiger partial charge in [-0.15, -0.1) is 0 Å². The Bertz CT molecular complexity index is 880. The summed E-state index contributed by atoms with van der Waals surface area (Å²) in [7, 11) is 0. The Kier molecular flexibility index (Phi) is 4.80. The van der Waals surface area contributed by atoms with Gasteiger partial charge in [0.1, 0.15) is 5.82 Å². The number of halogens is 2. The molecule has 0 N–H and O–H groups in total. The Hall–Kier alpha value is -2.02. The zero-order chi connectivity index (χ0) is 17.3. The topological polar surface area (TPSA) is 37.4 Å². The molecule has 0 bridgehead atoms. The zero-order valence-electron chi connectivity index (χ0n) is 12.0. The van der Waals surface area contributed by atoms with Crippen molar-refractivity contribution in [3.63, 3.8) is 0 Å². The fourth-order valence-corrected chi connectivity index (χ4v) is 3.49. The lowest BCUT2D eigenvalue weighted by molar-refractivity contribution is -0.120. The second kappa shape index (κ2) is 6.84. The predicted octanol–water partition coefficient (Wildman–Crippen LogP) is 4.52. The summed E-state index contributed by atoms with van der Waals surface area (Å²) in [5.74, 6) is -2.03. The van der Waals surface area contributed by atoms with Gasteiger partial charge in [-0.3, -0.25) is 9.59 Å². The van der Waals surface area contributed by atoms with Gasteiger partial charge in [-0.25, -0.2) is 9.29 Å². The van der Waals surface area contributed by atoms with E-state index in [-0.39, 0.29) is 9.88 Å². The van der Waals surface area contributed by atoms with Gasteiger partial charge in [-0.1, -0.05) is 59.8 Å². The smallest absolute Gasteiger partial charge is 0.268 e. The van der Waals surface area contributed by atoms with Crippen molar-refractivity contribution in [1.82, 2.24) is 4.90 Å². The summed E-state index contributed by atoms with van der Waals surface area (Å²) in [5, 5.41) is 0.578. The van der Waals surface area contributed by atoms with Crippen LogP contribution in [0.25, 0.3) is 6.08 Å². The lowest BCUT2D eigenvalue weighted by Gasteiger charge is -2.12. The average Bonchev–Trinajstić information content (AvgIpc) is 2.83. The van der Waals surface area contributed by atoms with Crippen LogP contribution in [-0.4, -0.2) is 21.0 Å². The van der Waals surface area contributed by atoms with Crippen LogP contribution in [0.3, 0.4) is 0 Å². The molecule has 1 heterocycles. The first kappa shape index (κ1) is 16.8. The van der Waals surface area contributed by atoms with Crippen LogP contribution in [0.2, 0.25) is 5.02 Å². The molecule has 1 fully saturated rings. The largest absolute Gasteiger partial charge is 0.273 e. The van der Waals surface area contributed by atoms with Gasteiger partial charge in [0.25, 0.3) is 11.8 Å². The summed E-state index contributed by atoms with van der Waals surface area (Å²) in [5.41, 5.74) is 0.555. The summed E-state index contributed by atoms with van der Waals surface area (Å²) in [4.78, 5) is 26.1. The molecule has 1 aliphatic heterocycles. The van der Waals surface area contributed by atoms with Crippen molar-refractivity contribution in [1.29, 1.82) is 0 Å². The van der Waals surface area contributed by atoms with Crippen LogP contribution in [0.4, 0.5) is 4.39 Å². The molecular weight excluding hydrogens is 369 g/mol. The quantitative estimate of drug-likeness (QED) is 0.438. The van der Waals surface area contributed by atoms with E-state index in [0.717, 1.165) is 28.3 Å². The normalized spacial score (nSPS) is 16.1. The van der Waals surface area contributed by atoms with Crippen LogP contribution >= 0.6 is 35.6 Å². The molecule has 0 spiro atoms. The Morgan fingerprint density at radius 1 is 1.17 bits per heavy atom. The van der Waals surface area contributed by atoms with Crippen LogP contribution in [0.15, 0.2) is 53.4 Å².